The van der Waals surface area contributed by atoms with Gasteiger partial charge in [-0.05, 0) is 32.4 Å². The number of hydrogen-bond acceptors (Lipinski definition) is 3. The van der Waals surface area contributed by atoms with Crippen molar-refractivity contribution in [2.45, 2.75) is 39.3 Å². The Balaban J connectivity index is 2.31. The van der Waals surface area contributed by atoms with Crippen molar-refractivity contribution < 1.29 is 4.79 Å². The molecular weight excluding hydrogens is 260 g/mol. The van der Waals surface area contributed by atoms with E-state index in [1.165, 1.54) is 11.5 Å². The molecule has 2 atom stereocenters. The van der Waals surface area contributed by atoms with E-state index < -0.39 is 6.04 Å². The van der Waals surface area contributed by atoms with E-state index in [2.05, 4.69) is 5.32 Å². The number of fused-ring (bicyclic) bond motifs is 1. The molecule has 0 saturated carbocycles. The molecule has 19 heavy (non-hydrogen) atoms. The summed E-state index contributed by atoms with van der Waals surface area (Å²) in [6.45, 7) is 5.73. The molecule has 0 bridgehead atoms. The normalized spacial score (nSPS) is 14.3. The topological polar surface area (TPSA) is 51.1 Å². The van der Waals surface area contributed by atoms with Gasteiger partial charge in [0.05, 0.1) is 10.1 Å². The Bertz CT molecular complexity index is 644. The van der Waals surface area contributed by atoms with Crippen LogP contribution in [-0.4, -0.2) is 15.9 Å². The van der Waals surface area contributed by atoms with E-state index in [1.54, 1.807) is 16.9 Å². The van der Waals surface area contributed by atoms with Crippen molar-refractivity contribution in [1.29, 1.82) is 0 Å². The summed E-state index contributed by atoms with van der Waals surface area (Å²) in [5.74, 6) is -0.108. The lowest BCUT2D eigenvalue weighted by Gasteiger charge is -2.16. The molecule has 1 amide bonds. The minimum absolute atomic E-state index is 0.0904. The molecule has 0 aliphatic carbocycles. The molecule has 2 rings (SSSR count). The van der Waals surface area contributed by atoms with E-state index in [-0.39, 0.29) is 17.5 Å². The monoisotopic (exact) mass is 278 g/mol. The number of carbonyl (C=O) groups excluding carboxylic acids is 1. The van der Waals surface area contributed by atoms with Gasteiger partial charge in [-0.1, -0.05) is 30.6 Å². The third kappa shape index (κ3) is 2.71. The SMILES string of the molecule is CC[C@@H](C)NC(=O)[C@H](C)n1sc2ccccc2c1=O. The second-order valence-electron chi connectivity index (χ2n) is 4.71. The zero-order chi connectivity index (χ0) is 14.0. The largest absolute Gasteiger partial charge is 0.352 e. The number of nitrogens with one attached hydrogen (secondary N) is 1. The second-order valence-corrected chi connectivity index (χ2v) is 5.73. The van der Waals surface area contributed by atoms with E-state index in [0.29, 0.717) is 5.39 Å². The highest BCUT2D eigenvalue weighted by Crippen LogP contribution is 2.19. The van der Waals surface area contributed by atoms with Gasteiger partial charge in [0.2, 0.25) is 5.91 Å². The summed E-state index contributed by atoms with van der Waals surface area (Å²) >= 11 is 1.34. The van der Waals surface area contributed by atoms with Gasteiger partial charge in [-0.15, -0.1) is 0 Å². The lowest BCUT2D eigenvalue weighted by molar-refractivity contribution is -0.124. The molecule has 0 unspecified atom stereocenters. The molecule has 0 saturated heterocycles. The van der Waals surface area contributed by atoms with Gasteiger partial charge >= 0.3 is 0 Å². The van der Waals surface area contributed by atoms with Gasteiger partial charge < -0.3 is 5.32 Å². The Kier molecular flexibility index (Phi) is 4.04. The van der Waals surface area contributed by atoms with Crippen LogP contribution in [-0.2, 0) is 4.79 Å². The van der Waals surface area contributed by atoms with Crippen LogP contribution in [0.3, 0.4) is 0 Å². The molecule has 1 heterocycles. The maximum Gasteiger partial charge on any atom is 0.269 e. The fraction of sp³-hybridized carbons (Fsp3) is 0.429. The van der Waals surface area contributed by atoms with Crippen LogP contribution in [0.5, 0.6) is 0 Å². The molecule has 1 N–H and O–H groups in total. The van der Waals surface area contributed by atoms with Gasteiger partial charge in [-0.25, -0.2) is 0 Å². The summed E-state index contributed by atoms with van der Waals surface area (Å²) in [7, 11) is 0. The van der Waals surface area contributed by atoms with Crippen molar-refractivity contribution in [3.05, 3.63) is 34.6 Å². The number of rotatable bonds is 4. The number of benzene rings is 1. The van der Waals surface area contributed by atoms with Crippen molar-refractivity contribution in [2.24, 2.45) is 0 Å². The average Bonchev–Trinajstić information content (AvgIpc) is 2.75. The predicted octanol–water partition coefficient (Wildman–Crippen LogP) is 2.54. The number of aromatic nitrogens is 1. The minimum Gasteiger partial charge on any atom is -0.352 e. The molecule has 0 aliphatic rings. The molecule has 5 heteroatoms. The lowest BCUT2D eigenvalue weighted by Crippen LogP contribution is -2.38. The molecule has 0 aliphatic heterocycles. The van der Waals surface area contributed by atoms with E-state index in [9.17, 15) is 9.59 Å². The zero-order valence-corrected chi connectivity index (χ0v) is 12.2. The van der Waals surface area contributed by atoms with E-state index in [1.807, 2.05) is 32.0 Å². The van der Waals surface area contributed by atoms with Gasteiger partial charge in [-0.3, -0.25) is 13.5 Å². The molecule has 0 spiro atoms. The van der Waals surface area contributed by atoms with Crippen LogP contribution in [0, 0.1) is 0 Å². The van der Waals surface area contributed by atoms with Crippen LogP contribution in [0.25, 0.3) is 10.1 Å². The molecular formula is C14H18N2O2S. The van der Waals surface area contributed by atoms with Crippen molar-refractivity contribution in [3.63, 3.8) is 0 Å². The first-order chi connectivity index (χ1) is 9.04. The second kappa shape index (κ2) is 5.57. The number of carbonyl (C=O) groups is 1. The van der Waals surface area contributed by atoms with Crippen LogP contribution in [0.4, 0.5) is 0 Å². The van der Waals surface area contributed by atoms with E-state index >= 15 is 0 Å². The Morgan fingerprint density at radius 1 is 1.37 bits per heavy atom. The molecule has 1 aromatic heterocycles. The van der Waals surface area contributed by atoms with Crippen molar-refractivity contribution in [3.8, 4) is 0 Å². The van der Waals surface area contributed by atoms with Crippen molar-refractivity contribution in [1.82, 2.24) is 9.27 Å². The molecule has 1 aromatic carbocycles. The van der Waals surface area contributed by atoms with Gasteiger partial charge in [0.25, 0.3) is 5.56 Å². The molecule has 0 radical (unpaired) electrons. The Morgan fingerprint density at radius 3 is 2.68 bits per heavy atom. The van der Waals surface area contributed by atoms with Gasteiger partial charge in [0.1, 0.15) is 6.04 Å². The Morgan fingerprint density at radius 2 is 2.05 bits per heavy atom. The predicted molar refractivity (Wildman–Crippen MR) is 78.7 cm³/mol. The highest BCUT2D eigenvalue weighted by atomic mass is 32.1. The standard InChI is InChI=1S/C14H18N2O2S/c1-4-9(2)15-13(17)10(3)16-14(18)11-7-5-6-8-12(11)19-16/h5-10H,4H2,1-3H3,(H,15,17)/t9-,10+/m1/s1. The minimum atomic E-state index is -0.473. The summed E-state index contributed by atoms with van der Waals surface area (Å²) in [6.07, 6.45) is 0.875. The zero-order valence-electron chi connectivity index (χ0n) is 11.3. The summed E-state index contributed by atoms with van der Waals surface area (Å²) in [5, 5.41) is 3.58. The maximum absolute atomic E-state index is 12.2. The summed E-state index contributed by atoms with van der Waals surface area (Å²) in [4.78, 5) is 24.3. The first-order valence-corrected chi connectivity index (χ1v) is 7.22. The number of amides is 1. The average molecular weight is 278 g/mol. The van der Waals surface area contributed by atoms with Crippen LogP contribution in [0.1, 0.15) is 33.2 Å². The fourth-order valence-corrected chi connectivity index (χ4v) is 2.86. The van der Waals surface area contributed by atoms with E-state index in [4.69, 9.17) is 0 Å². The number of nitrogens with zero attached hydrogens (tertiary/aromatic N) is 1. The highest BCUT2D eigenvalue weighted by molar-refractivity contribution is 7.13. The third-order valence-corrected chi connectivity index (χ3v) is 4.48. The Hall–Kier alpha value is -1.62. The smallest absolute Gasteiger partial charge is 0.269 e. The van der Waals surface area contributed by atoms with Gasteiger partial charge in [0.15, 0.2) is 0 Å². The summed E-state index contributed by atoms with van der Waals surface area (Å²) < 4.78 is 2.46. The van der Waals surface area contributed by atoms with Crippen molar-refractivity contribution in [2.75, 3.05) is 0 Å². The van der Waals surface area contributed by atoms with Gasteiger partial charge in [0, 0.05) is 6.04 Å². The van der Waals surface area contributed by atoms with E-state index in [0.717, 1.165) is 11.1 Å². The summed E-state index contributed by atoms with van der Waals surface area (Å²) in [5.41, 5.74) is -0.0904. The van der Waals surface area contributed by atoms with Crippen LogP contribution >= 0.6 is 11.5 Å². The highest BCUT2D eigenvalue weighted by Gasteiger charge is 2.20. The quantitative estimate of drug-likeness (QED) is 0.934. The van der Waals surface area contributed by atoms with Crippen LogP contribution in [0.15, 0.2) is 29.1 Å². The maximum atomic E-state index is 12.2. The number of hydrogen-bond donors (Lipinski definition) is 1. The first-order valence-electron chi connectivity index (χ1n) is 6.45. The molecule has 4 nitrogen and oxygen atoms in total. The molecule has 2 aromatic rings. The fourth-order valence-electron chi connectivity index (χ4n) is 1.82. The molecule has 102 valence electrons. The summed E-state index contributed by atoms with van der Waals surface area (Å²) in [6, 6.07) is 7.08. The lowest BCUT2D eigenvalue weighted by atomic mass is 10.2. The van der Waals surface area contributed by atoms with Crippen molar-refractivity contribution >= 4 is 27.5 Å². The molecule has 0 fully saturated rings. The van der Waals surface area contributed by atoms with Crippen LogP contribution < -0.4 is 10.9 Å². The Labute approximate surface area is 116 Å². The van der Waals surface area contributed by atoms with Gasteiger partial charge in [-0.2, -0.15) is 0 Å². The third-order valence-electron chi connectivity index (χ3n) is 3.25. The first kappa shape index (κ1) is 13.8. The van der Waals surface area contributed by atoms with Crippen LogP contribution in [0.2, 0.25) is 0 Å².